The van der Waals surface area contributed by atoms with Gasteiger partial charge in [-0.05, 0) is 19.3 Å². The van der Waals surface area contributed by atoms with Crippen molar-refractivity contribution in [2.24, 2.45) is 4.99 Å². The van der Waals surface area contributed by atoms with E-state index in [0.717, 1.165) is 19.3 Å². The molecule has 1 saturated carbocycles. The lowest BCUT2D eigenvalue weighted by atomic mass is 9.79. The molecule has 0 atom stereocenters. The van der Waals surface area contributed by atoms with Gasteiger partial charge in [-0.2, -0.15) is 10.3 Å². The molecule has 0 saturated heterocycles. The number of nitriles is 1. The molecule has 0 unspecified atom stereocenters. The van der Waals surface area contributed by atoms with Crippen LogP contribution in [0.15, 0.2) is 4.99 Å². The van der Waals surface area contributed by atoms with Gasteiger partial charge in [0.2, 0.25) is 6.08 Å². The van der Waals surface area contributed by atoms with Crippen molar-refractivity contribution >= 4 is 6.08 Å². The minimum atomic E-state index is -0.679. The summed E-state index contributed by atoms with van der Waals surface area (Å²) >= 11 is 0. The third kappa shape index (κ3) is 0.847. The fourth-order valence-electron chi connectivity index (χ4n) is 0.848. The van der Waals surface area contributed by atoms with E-state index in [1.165, 1.54) is 6.08 Å². The molecule has 0 aromatic rings. The number of hydrogen-bond donors (Lipinski definition) is 0. The lowest BCUT2D eigenvalue weighted by Gasteiger charge is -2.28. The first kappa shape index (κ1) is 6.00. The Morgan fingerprint density at radius 3 is 2.33 bits per heavy atom. The molecule has 0 N–H and O–H groups in total. The summed E-state index contributed by atoms with van der Waals surface area (Å²) < 4.78 is 0. The smallest absolute Gasteiger partial charge is 0.211 e. The lowest BCUT2D eigenvalue weighted by Crippen LogP contribution is -2.32. The van der Waals surface area contributed by atoms with Gasteiger partial charge in [0.25, 0.3) is 0 Å². The highest BCUT2D eigenvalue weighted by molar-refractivity contribution is 5.37. The van der Waals surface area contributed by atoms with E-state index in [1.54, 1.807) is 0 Å². The van der Waals surface area contributed by atoms with Crippen LogP contribution >= 0.6 is 0 Å². The van der Waals surface area contributed by atoms with Crippen molar-refractivity contribution in [3.8, 4) is 6.07 Å². The van der Waals surface area contributed by atoms with E-state index in [4.69, 9.17) is 5.26 Å². The van der Waals surface area contributed by atoms with Crippen molar-refractivity contribution < 1.29 is 4.79 Å². The number of hydrogen-bond acceptors (Lipinski definition) is 3. The minimum Gasteiger partial charge on any atom is -0.211 e. The van der Waals surface area contributed by atoms with E-state index in [1.807, 2.05) is 6.07 Å². The van der Waals surface area contributed by atoms with E-state index in [-0.39, 0.29) is 0 Å². The zero-order valence-corrected chi connectivity index (χ0v) is 4.92. The summed E-state index contributed by atoms with van der Waals surface area (Å²) in [5.74, 6) is 0. The molecule has 3 heteroatoms. The fraction of sp³-hybridized carbons (Fsp3) is 0.667. The van der Waals surface area contributed by atoms with Crippen LogP contribution in [0.3, 0.4) is 0 Å². The van der Waals surface area contributed by atoms with Crippen LogP contribution in [-0.2, 0) is 4.79 Å². The average molecular weight is 122 g/mol. The molecule has 1 aliphatic rings. The molecule has 0 aromatic heterocycles. The second kappa shape index (κ2) is 2.00. The van der Waals surface area contributed by atoms with Gasteiger partial charge in [-0.25, -0.2) is 4.79 Å². The van der Waals surface area contributed by atoms with Crippen LogP contribution in [0.25, 0.3) is 0 Å². The van der Waals surface area contributed by atoms with Gasteiger partial charge in [0.15, 0.2) is 5.54 Å². The SMILES string of the molecule is N#CC1(N=C=O)CCC1. The Morgan fingerprint density at radius 2 is 2.22 bits per heavy atom. The normalized spacial score (nSPS) is 20.8. The monoisotopic (exact) mass is 122 g/mol. The molecule has 0 heterocycles. The molecule has 3 nitrogen and oxygen atoms in total. The Labute approximate surface area is 53.0 Å². The van der Waals surface area contributed by atoms with Crippen molar-refractivity contribution in [1.82, 2.24) is 0 Å². The molecule has 1 rings (SSSR count). The molecule has 0 spiro atoms. The second-order valence-electron chi connectivity index (χ2n) is 2.20. The van der Waals surface area contributed by atoms with Gasteiger partial charge in [0.1, 0.15) is 0 Å². The lowest BCUT2D eigenvalue weighted by molar-refractivity contribution is 0.328. The molecule has 9 heavy (non-hydrogen) atoms. The zero-order chi connectivity index (χ0) is 6.74. The highest BCUT2D eigenvalue weighted by Gasteiger charge is 2.36. The Hall–Kier alpha value is -1.13. The molecule has 0 aliphatic heterocycles. The van der Waals surface area contributed by atoms with E-state index in [9.17, 15) is 4.79 Å². The molecular formula is C6H6N2O. The topological polar surface area (TPSA) is 53.2 Å². The molecule has 1 aliphatic carbocycles. The summed E-state index contributed by atoms with van der Waals surface area (Å²) in [7, 11) is 0. The first-order chi connectivity index (χ1) is 4.33. The number of isocyanates is 1. The van der Waals surface area contributed by atoms with Crippen LogP contribution in [-0.4, -0.2) is 11.6 Å². The Kier molecular flexibility index (Phi) is 1.33. The van der Waals surface area contributed by atoms with Crippen LogP contribution in [0.5, 0.6) is 0 Å². The van der Waals surface area contributed by atoms with Crippen LogP contribution in [0.1, 0.15) is 19.3 Å². The Bertz CT molecular complexity index is 194. The van der Waals surface area contributed by atoms with Crippen LogP contribution < -0.4 is 0 Å². The Balaban J connectivity index is 2.71. The van der Waals surface area contributed by atoms with Gasteiger partial charge in [0.05, 0.1) is 6.07 Å². The van der Waals surface area contributed by atoms with Gasteiger partial charge in [-0.15, -0.1) is 0 Å². The summed E-state index contributed by atoms with van der Waals surface area (Å²) in [4.78, 5) is 13.1. The van der Waals surface area contributed by atoms with Gasteiger partial charge in [-0.1, -0.05) is 0 Å². The summed E-state index contributed by atoms with van der Waals surface area (Å²) in [5.41, 5.74) is -0.679. The van der Waals surface area contributed by atoms with Crippen molar-refractivity contribution in [1.29, 1.82) is 5.26 Å². The summed E-state index contributed by atoms with van der Waals surface area (Å²) in [6.45, 7) is 0. The molecule has 0 bridgehead atoms. The number of carbonyl (C=O) groups excluding carboxylic acids is 1. The van der Waals surface area contributed by atoms with Gasteiger partial charge in [0, 0.05) is 0 Å². The summed E-state index contributed by atoms with van der Waals surface area (Å²) in [6.07, 6.45) is 3.85. The van der Waals surface area contributed by atoms with Crippen molar-refractivity contribution in [3.05, 3.63) is 0 Å². The van der Waals surface area contributed by atoms with E-state index < -0.39 is 5.54 Å². The van der Waals surface area contributed by atoms with Crippen LogP contribution in [0.4, 0.5) is 0 Å². The van der Waals surface area contributed by atoms with E-state index in [0.29, 0.717) is 0 Å². The van der Waals surface area contributed by atoms with Crippen LogP contribution in [0, 0.1) is 11.3 Å². The summed E-state index contributed by atoms with van der Waals surface area (Å²) in [5, 5.41) is 8.44. The van der Waals surface area contributed by atoms with Crippen molar-refractivity contribution in [3.63, 3.8) is 0 Å². The maximum atomic E-state index is 9.73. The summed E-state index contributed by atoms with van der Waals surface area (Å²) in [6, 6.07) is 1.99. The molecule has 46 valence electrons. The number of aliphatic imine (C=N–C) groups is 1. The van der Waals surface area contributed by atoms with E-state index >= 15 is 0 Å². The van der Waals surface area contributed by atoms with Crippen molar-refractivity contribution in [2.75, 3.05) is 0 Å². The number of nitrogens with zero attached hydrogens (tertiary/aromatic N) is 2. The standard InChI is InChI=1S/C6H6N2O/c7-4-6(8-5-9)2-1-3-6/h1-3H2. The van der Waals surface area contributed by atoms with Gasteiger partial charge >= 0.3 is 0 Å². The Morgan fingerprint density at radius 1 is 1.56 bits per heavy atom. The van der Waals surface area contributed by atoms with Gasteiger partial charge < -0.3 is 0 Å². The highest BCUT2D eigenvalue weighted by Crippen LogP contribution is 2.34. The van der Waals surface area contributed by atoms with E-state index in [2.05, 4.69) is 4.99 Å². The zero-order valence-electron chi connectivity index (χ0n) is 4.92. The molecular weight excluding hydrogens is 116 g/mol. The first-order valence-corrected chi connectivity index (χ1v) is 2.83. The molecule has 0 aromatic carbocycles. The first-order valence-electron chi connectivity index (χ1n) is 2.83. The highest BCUT2D eigenvalue weighted by atomic mass is 16.1. The predicted molar refractivity (Wildman–Crippen MR) is 30.3 cm³/mol. The molecule has 0 amide bonds. The second-order valence-corrected chi connectivity index (χ2v) is 2.20. The largest absolute Gasteiger partial charge is 0.236 e. The average Bonchev–Trinajstić information content (AvgIpc) is 1.79. The van der Waals surface area contributed by atoms with Gasteiger partial charge in [-0.3, -0.25) is 0 Å². The predicted octanol–water partition coefficient (Wildman–Crippen LogP) is 0.768. The molecule has 0 radical (unpaired) electrons. The maximum Gasteiger partial charge on any atom is 0.236 e. The quantitative estimate of drug-likeness (QED) is 0.381. The fourth-order valence-corrected chi connectivity index (χ4v) is 0.848. The van der Waals surface area contributed by atoms with Crippen molar-refractivity contribution in [2.45, 2.75) is 24.8 Å². The minimum absolute atomic E-state index is 0.679. The number of rotatable bonds is 1. The van der Waals surface area contributed by atoms with Crippen LogP contribution in [0.2, 0.25) is 0 Å². The maximum absolute atomic E-state index is 9.73. The third-order valence-electron chi connectivity index (χ3n) is 1.65. The third-order valence-corrected chi connectivity index (χ3v) is 1.65. The molecule has 1 fully saturated rings.